The maximum atomic E-state index is 12.6. The number of carbonyl (C=O) groups is 2. The molecule has 0 unspecified atom stereocenters. The van der Waals surface area contributed by atoms with E-state index in [1.165, 1.54) is 0 Å². The van der Waals surface area contributed by atoms with Crippen LogP contribution in [0.15, 0.2) is 30.3 Å². The summed E-state index contributed by atoms with van der Waals surface area (Å²) in [4.78, 5) is 30.4. The maximum Gasteiger partial charge on any atom is 0.319 e. The predicted molar refractivity (Wildman–Crippen MR) is 95.0 cm³/mol. The van der Waals surface area contributed by atoms with Gasteiger partial charge in [0.05, 0.1) is 6.61 Å². The lowest BCUT2D eigenvalue weighted by molar-refractivity contribution is -0.140. The van der Waals surface area contributed by atoms with E-state index >= 15 is 0 Å². The first-order valence-corrected chi connectivity index (χ1v) is 8.92. The number of piperidine rings is 1. The normalized spacial score (nSPS) is 22.6. The van der Waals surface area contributed by atoms with Crippen molar-refractivity contribution in [2.75, 3.05) is 40.3 Å². The third-order valence-corrected chi connectivity index (χ3v) is 5.02. The summed E-state index contributed by atoms with van der Waals surface area (Å²) in [7, 11) is 3.55. The highest BCUT2D eigenvalue weighted by Crippen LogP contribution is 2.28. The average molecular weight is 345 g/mol. The number of fused-ring (bicyclic) bond motifs is 4. The lowest BCUT2D eigenvalue weighted by atomic mass is 9.95. The first kappa shape index (κ1) is 17.7. The van der Waals surface area contributed by atoms with Crippen molar-refractivity contribution in [1.82, 2.24) is 14.7 Å². The lowest BCUT2D eigenvalue weighted by Crippen LogP contribution is -2.49. The van der Waals surface area contributed by atoms with E-state index in [4.69, 9.17) is 4.74 Å². The van der Waals surface area contributed by atoms with Gasteiger partial charge in [0, 0.05) is 39.8 Å². The molecule has 3 aliphatic heterocycles. The van der Waals surface area contributed by atoms with Gasteiger partial charge >= 0.3 is 6.03 Å². The van der Waals surface area contributed by atoms with E-state index in [0.29, 0.717) is 19.1 Å². The molecule has 0 aliphatic carbocycles. The van der Waals surface area contributed by atoms with E-state index in [2.05, 4.69) is 0 Å². The van der Waals surface area contributed by atoms with Crippen molar-refractivity contribution in [3.63, 3.8) is 0 Å². The van der Waals surface area contributed by atoms with Gasteiger partial charge in [-0.15, -0.1) is 0 Å². The van der Waals surface area contributed by atoms with E-state index in [0.717, 1.165) is 31.5 Å². The van der Waals surface area contributed by atoms with E-state index in [1.807, 2.05) is 40.1 Å². The van der Waals surface area contributed by atoms with Crippen molar-refractivity contribution in [3.05, 3.63) is 35.9 Å². The van der Waals surface area contributed by atoms with Gasteiger partial charge in [-0.25, -0.2) is 4.79 Å². The van der Waals surface area contributed by atoms with Gasteiger partial charge in [-0.1, -0.05) is 30.3 Å². The summed E-state index contributed by atoms with van der Waals surface area (Å²) < 4.78 is 5.62. The van der Waals surface area contributed by atoms with Crippen LogP contribution < -0.4 is 0 Å². The molecule has 2 atom stereocenters. The third-order valence-electron chi connectivity index (χ3n) is 5.02. The Labute approximate surface area is 149 Å². The molecule has 3 heterocycles. The quantitative estimate of drug-likeness (QED) is 0.836. The molecule has 6 nitrogen and oxygen atoms in total. The van der Waals surface area contributed by atoms with Crippen LogP contribution in [0.2, 0.25) is 0 Å². The number of hydrogen-bond acceptors (Lipinski definition) is 3. The minimum absolute atomic E-state index is 0.0322. The van der Waals surface area contributed by atoms with E-state index in [1.54, 1.807) is 19.0 Å². The summed E-state index contributed by atoms with van der Waals surface area (Å²) in [5, 5.41) is 0. The molecule has 3 amide bonds. The summed E-state index contributed by atoms with van der Waals surface area (Å²) in [6.45, 7) is 2.63. The van der Waals surface area contributed by atoms with Crippen LogP contribution in [0.3, 0.4) is 0 Å². The maximum absolute atomic E-state index is 12.6. The van der Waals surface area contributed by atoms with Gasteiger partial charge in [0.2, 0.25) is 5.91 Å². The summed E-state index contributed by atoms with van der Waals surface area (Å²) in [5.74, 6) is 0.394. The molecule has 3 aliphatic rings. The van der Waals surface area contributed by atoms with Crippen LogP contribution in [0.1, 0.15) is 18.4 Å². The highest BCUT2D eigenvalue weighted by atomic mass is 16.5. The van der Waals surface area contributed by atoms with Gasteiger partial charge in [0.25, 0.3) is 0 Å². The highest BCUT2D eigenvalue weighted by Gasteiger charge is 2.38. The van der Waals surface area contributed by atoms with E-state index in [-0.39, 0.29) is 24.6 Å². The number of benzene rings is 1. The molecule has 6 heteroatoms. The number of rotatable bonds is 4. The smallest absolute Gasteiger partial charge is 0.319 e. The Hall–Kier alpha value is -2.08. The molecule has 3 saturated heterocycles. The molecular weight excluding hydrogens is 318 g/mol. The molecule has 25 heavy (non-hydrogen) atoms. The Kier molecular flexibility index (Phi) is 5.58. The fraction of sp³-hybridized carbons (Fsp3) is 0.579. The summed E-state index contributed by atoms with van der Waals surface area (Å²) in [5.41, 5.74) is 1.07. The monoisotopic (exact) mass is 345 g/mol. The van der Waals surface area contributed by atoms with Crippen LogP contribution in [0.25, 0.3) is 0 Å². The second-order valence-corrected chi connectivity index (χ2v) is 7.20. The molecule has 0 N–H and O–H groups in total. The third kappa shape index (κ3) is 4.31. The van der Waals surface area contributed by atoms with Crippen LogP contribution in [0.4, 0.5) is 4.79 Å². The molecule has 0 saturated carbocycles. The molecular formula is C19H27N3O3. The fourth-order valence-corrected chi connectivity index (χ4v) is 3.74. The Bertz CT molecular complexity index is 605. The SMILES string of the molecule is CN(C)C(=O)N1C[C@H]2CC[C@@H](C1)N(C(=O)COCc1ccccc1)C2. The number of hydrogen-bond donors (Lipinski definition) is 0. The Morgan fingerprint density at radius 3 is 2.60 bits per heavy atom. The van der Waals surface area contributed by atoms with Gasteiger partial charge in [-0.2, -0.15) is 0 Å². The molecule has 0 radical (unpaired) electrons. The zero-order valence-electron chi connectivity index (χ0n) is 15.1. The lowest BCUT2D eigenvalue weighted by Gasteiger charge is -2.36. The Balaban J connectivity index is 1.55. The Morgan fingerprint density at radius 2 is 1.88 bits per heavy atom. The van der Waals surface area contributed by atoms with Crippen LogP contribution in [0.5, 0.6) is 0 Å². The molecule has 136 valence electrons. The Morgan fingerprint density at radius 1 is 1.12 bits per heavy atom. The van der Waals surface area contributed by atoms with Crippen LogP contribution >= 0.6 is 0 Å². The second kappa shape index (κ2) is 7.87. The molecule has 0 aromatic heterocycles. The standard InChI is InChI=1S/C19H27N3O3/c1-20(2)19(24)21-10-16-8-9-17(12-21)22(11-16)18(23)14-25-13-15-6-4-3-5-7-15/h3-7,16-17H,8-14H2,1-2H3/t16-,17+/m1/s1. The van der Waals surface area contributed by atoms with E-state index in [9.17, 15) is 9.59 Å². The number of carbonyl (C=O) groups excluding carboxylic acids is 2. The minimum Gasteiger partial charge on any atom is -0.367 e. The largest absolute Gasteiger partial charge is 0.367 e. The van der Waals surface area contributed by atoms with E-state index < -0.39 is 0 Å². The summed E-state index contributed by atoms with van der Waals surface area (Å²) in [6.07, 6.45) is 2.04. The van der Waals surface area contributed by atoms with Crippen molar-refractivity contribution in [3.8, 4) is 0 Å². The first-order valence-electron chi connectivity index (χ1n) is 8.92. The van der Waals surface area contributed by atoms with Crippen molar-refractivity contribution in [1.29, 1.82) is 0 Å². The predicted octanol–water partition coefficient (Wildman–Crippen LogP) is 1.81. The van der Waals surface area contributed by atoms with Crippen LogP contribution in [-0.2, 0) is 16.1 Å². The summed E-state index contributed by atoms with van der Waals surface area (Å²) >= 11 is 0. The van der Waals surface area contributed by atoms with Crippen LogP contribution in [-0.4, -0.2) is 73.0 Å². The number of ether oxygens (including phenoxy) is 1. The fourth-order valence-electron chi connectivity index (χ4n) is 3.74. The summed E-state index contributed by atoms with van der Waals surface area (Å²) in [6, 6.07) is 10.0. The molecule has 1 aromatic carbocycles. The number of nitrogens with zero attached hydrogens (tertiary/aromatic N) is 3. The second-order valence-electron chi connectivity index (χ2n) is 7.20. The highest BCUT2D eigenvalue weighted by molar-refractivity contribution is 5.78. The van der Waals surface area contributed by atoms with Crippen molar-refractivity contribution < 1.29 is 14.3 Å². The van der Waals surface area contributed by atoms with Crippen LogP contribution in [0, 0.1) is 5.92 Å². The number of urea groups is 1. The molecule has 3 fully saturated rings. The van der Waals surface area contributed by atoms with Gasteiger partial charge in [0.15, 0.2) is 0 Å². The number of amides is 3. The van der Waals surface area contributed by atoms with Gasteiger partial charge in [0.1, 0.15) is 6.61 Å². The average Bonchev–Trinajstić information content (AvgIpc) is 2.93. The van der Waals surface area contributed by atoms with Crippen molar-refractivity contribution in [2.45, 2.75) is 25.5 Å². The molecule has 2 bridgehead atoms. The minimum atomic E-state index is 0.0322. The van der Waals surface area contributed by atoms with Gasteiger partial charge < -0.3 is 19.4 Å². The van der Waals surface area contributed by atoms with Gasteiger partial charge in [-0.3, -0.25) is 4.79 Å². The zero-order valence-corrected chi connectivity index (χ0v) is 15.1. The van der Waals surface area contributed by atoms with Crippen molar-refractivity contribution in [2.24, 2.45) is 5.92 Å². The van der Waals surface area contributed by atoms with Gasteiger partial charge in [-0.05, 0) is 24.3 Å². The first-order chi connectivity index (χ1) is 12.0. The van der Waals surface area contributed by atoms with Crippen molar-refractivity contribution >= 4 is 11.9 Å². The zero-order chi connectivity index (χ0) is 17.8. The molecule has 4 rings (SSSR count). The molecule has 1 aromatic rings. The molecule has 0 spiro atoms. The topological polar surface area (TPSA) is 53.1 Å².